The quantitative estimate of drug-likeness (QED) is 0.836. The molecule has 1 saturated carbocycles. The topological polar surface area (TPSA) is 49.4 Å². The van der Waals surface area contributed by atoms with Crippen molar-refractivity contribution in [1.29, 1.82) is 0 Å². The fourth-order valence-corrected chi connectivity index (χ4v) is 4.19. The maximum absolute atomic E-state index is 13.2. The number of carbonyl (C=O) groups excluding carboxylic acids is 2. The molecule has 0 spiro atoms. The lowest BCUT2D eigenvalue weighted by molar-refractivity contribution is -0.129. The summed E-state index contributed by atoms with van der Waals surface area (Å²) in [5.41, 5.74) is 3.38. The molecule has 2 aromatic rings. The second kappa shape index (κ2) is 7.97. The van der Waals surface area contributed by atoms with Crippen LogP contribution in [0.3, 0.4) is 0 Å². The lowest BCUT2D eigenvalue weighted by Gasteiger charge is -2.30. The van der Waals surface area contributed by atoms with Crippen molar-refractivity contribution < 1.29 is 14.0 Å². The number of nitrogens with zero attached hydrogens (tertiary/aromatic N) is 1. The van der Waals surface area contributed by atoms with Gasteiger partial charge in [-0.25, -0.2) is 4.39 Å². The van der Waals surface area contributed by atoms with Crippen LogP contribution in [0.25, 0.3) is 0 Å². The van der Waals surface area contributed by atoms with Crippen LogP contribution in [0.15, 0.2) is 65.7 Å². The van der Waals surface area contributed by atoms with Gasteiger partial charge in [-0.2, -0.15) is 0 Å². The Morgan fingerprint density at radius 1 is 1.07 bits per heavy atom. The second-order valence-corrected chi connectivity index (χ2v) is 7.42. The highest BCUT2D eigenvalue weighted by Gasteiger charge is 2.40. The van der Waals surface area contributed by atoms with E-state index in [1.165, 1.54) is 12.1 Å². The minimum absolute atomic E-state index is 0.0607. The molecule has 1 aliphatic heterocycles. The molecule has 1 atom stereocenters. The third-order valence-electron chi connectivity index (χ3n) is 5.52. The van der Waals surface area contributed by atoms with Gasteiger partial charge in [0.05, 0.1) is 12.5 Å². The highest BCUT2D eigenvalue weighted by molar-refractivity contribution is 6.04. The first-order chi connectivity index (χ1) is 13.6. The highest BCUT2D eigenvalue weighted by atomic mass is 19.1. The average molecular weight is 378 g/mol. The standard InChI is InChI=1S/C23H23FN2O2/c24-17-12-10-16(11-13-17)15-26-21-9-5-4-8-19(21)20(23(26)28)14-22(27)25-18-6-2-1-3-7-18/h1-3,6-7,10-13,21H,4-5,8-9,14-15H2,(H,25,27). The van der Waals surface area contributed by atoms with Gasteiger partial charge in [-0.15, -0.1) is 0 Å². The van der Waals surface area contributed by atoms with Crippen molar-refractivity contribution in [2.45, 2.75) is 44.7 Å². The van der Waals surface area contributed by atoms with E-state index in [0.717, 1.165) is 42.5 Å². The Labute approximate surface area is 164 Å². The minimum Gasteiger partial charge on any atom is -0.328 e. The van der Waals surface area contributed by atoms with E-state index in [-0.39, 0.29) is 30.1 Å². The van der Waals surface area contributed by atoms with Gasteiger partial charge in [0.25, 0.3) is 5.91 Å². The molecule has 0 radical (unpaired) electrons. The molecule has 0 aromatic heterocycles. The summed E-state index contributed by atoms with van der Waals surface area (Å²) in [5.74, 6) is -0.518. The van der Waals surface area contributed by atoms with E-state index in [0.29, 0.717) is 12.1 Å². The third-order valence-corrected chi connectivity index (χ3v) is 5.52. The first kappa shape index (κ1) is 18.4. The molecular weight excluding hydrogens is 355 g/mol. The van der Waals surface area contributed by atoms with Gasteiger partial charge >= 0.3 is 0 Å². The number of anilines is 1. The Morgan fingerprint density at radius 3 is 2.57 bits per heavy atom. The van der Waals surface area contributed by atoms with Crippen LogP contribution in [0.4, 0.5) is 10.1 Å². The van der Waals surface area contributed by atoms with Crippen LogP contribution in [-0.4, -0.2) is 22.8 Å². The molecular formula is C23H23FN2O2. The minimum atomic E-state index is -0.286. The van der Waals surface area contributed by atoms with Crippen molar-refractivity contribution in [3.63, 3.8) is 0 Å². The predicted octanol–water partition coefficient (Wildman–Crippen LogP) is 4.44. The zero-order chi connectivity index (χ0) is 19.5. The number of hydrogen-bond acceptors (Lipinski definition) is 2. The Morgan fingerprint density at radius 2 is 1.82 bits per heavy atom. The highest BCUT2D eigenvalue weighted by Crippen LogP contribution is 2.38. The molecule has 1 aliphatic carbocycles. The molecule has 2 amide bonds. The second-order valence-electron chi connectivity index (χ2n) is 7.42. The van der Waals surface area contributed by atoms with Crippen molar-refractivity contribution >= 4 is 17.5 Å². The third kappa shape index (κ3) is 3.84. The Hall–Kier alpha value is -2.95. The van der Waals surface area contributed by atoms with Gasteiger partial charge in [0, 0.05) is 17.8 Å². The smallest absolute Gasteiger partial charge is 0.251 e. The van der Waals surface area contributed by atoms with Gasteiger partial charge < -0.3 is 10.2 Å². The summed E-state index contributed by atoms with van der Waals surface area (Å²) in [7, 11) is 0. The first-order valence-corrected chi connectivity index (χ1v) is 9.74. The summed E-state index contributed by atoms with van der Waals surface area (Å²) in [6.07, 6.45) is 4.01. The molecule has 1 heterocycles. The van der Waals surface area contributed by atoms with E-state index in [9.17, 15) is 14.0 Å². The number of carbonyl (C=O) groups is 2. The predicted molar refractivity (Wildman–Crippen MR) is 106 cm³/mol. The lowest BCUT2D eigenvalue weighted by Crippen LogP contribution is -2.36. The van der Waals surface area contributed by atoms with Crippen molar-refractivity contribution in [1.82, 2.24) is 4.90 Å². The largest absolute Gasteiger partial charge is 0.328 e. The van der Waals surface area contributed by atoms with Gasteiger partial charge in [-0.1, -0.05) is 36.8 Å². The molecule has 4 rings (SSSR count). The zero-order valence-corrected chi connectivity index (χ0v) is 15.7. The SMILES string of the molecule is O=C(CC1=C2CCCCC2N(Cc2ccc(F)cc2)C1=O)Nc1ccccc1. The average Bonchev–Trinajstić information content (AvgIpc) is 2.96. The Kier molecular flexibility index (Phi) is 5.24. The van der Waals surface area contributed by atoms with E-state index >= 15 is 0 Å². The molecule has 144 valence electrons. The van der Waals surface area contributed by atoms with Gasteiger partial charge in [0.15, 0.2) is 0 Å². The van der Waals surface area contributed by atoms with Crippen LogP contribution < -0.4 is 5.32 Å². The van der Waals surface area contributed by atoms with Crippen LogP contribution in [0, 0.1) is 5.82 Å². The van der Waals surface area contributed by atoms with Crippen LogP contribution in [-0.2, 0) is 16.1 Å². The molecule has 2 aliphatic rings. The number of rotatable bonds is 5. The molecule has 2 aromatic carbocycles. The lowest BCUT2D eigenvalue weighted by atomic mass is 9.88. The van der Waals surface area contributed by atoms with E-state index in [1.54, 1.807) is 12.1 Å². The molecule has 1 N–H and O–H groups in total. The van der Waals surface area contributed by atoms with Gasteiger partial charge in [0.1, 0.15) is 5.82 Å². The number of halogens is 1. The normalized spacial score (nSPS) is 19.0. The van der Waals surface area contributed by atoms with Crippen LogP contribution >= 0.6 is 0 Å². The molecule has 0 bridgehead atoms. The summed E-state index contributed by atoms with van der Waals surface area (Å²) in [6.45, 7) is 0.442. The summed E-state index contributed by atoms with van der Waals surface area (Å²) >= 11 is 0. The fourth-order valence-electron chi connectivity index (χ4n) is 4.19. The van der Waals surface area contributed by atoms with Crippen LogP contribution in [0.5, 0.6) is 0 Å². The summed E-state index contributed by atoms with van der Waals surface area (Å²) in [5, 5.41) is 2.87. The summed E-state index contributed by atoms with van der Waals surface area (Å²) in [4.78, 5) is 27.5. The van der Waals surface area contributed by atoms with Crippen molar-refractivity contribution in [2.75, 3.05) is 5.32 Å². The summed E-state index contributed by atoms with van der Waals surface area (Å²) in [6, 6.07) is 15.6. The maximum atomic E-state index is 13.2. The van der Waals surface area contributed by atoms with E-state index in [4.69, 9.17) is 0 Å². The monoisotopic (exact) mass is 378 g/mol. The molecule has 4 nitrogen and oxygen atoms in total. The number of benzene rings is 2. The van der Waals surface area contributed by atoms with Gasteiger partial charge in [-0.05, 0) is 54.7 Å². The number of hydrogen-bond donors (Lipinski definition) is 1. The number of nitrogens with one attached hydrogen (secondary N) is 1. The van der Waals surface area contributed by atoms with Crippen molar-refractivity contribution in [3.05, 3.63) is 77.1 Å². The molecule has 0 saturated heterocycles. The summed E-state index contributed by atoms with van der Waals surface area (Å²) < 4.78 is 13.2. The molecule has 5 heteroatoms. The Balaban J connectivity index is 1.51. The molecule has 1 unspecified atom stereocenters. The van der Waals surface area contributed by atoms with Crippen molar-refractivity contribution in [2.24, 2.45) is 0 Å². The maximum Gasteiger partial charge on any atom is 0.251 e. The zero-order valence-electron chi connectivity index (χ0n) is 15.7. The number of fused-ring (bicyclic) bond motifs is 1. The van der Waals surface area contributed by atoms with E-state index in [1.807, 2.05) is 35.2 Å². The van der Waals surface area contributed by atoms with Gasteiger partial charge in [-0.3, -0.25) is 9.59 Å². The first-order valence-electron chi connectivity index (χ1n) is 9.74. The van der Waals surface area contributed by atoms with Crippen LogP contribution in [0.2, 0.25) is 0 Å². The number of amides is 2. The Bertz CT molecular complexity index is 906. The van der Waals surface area contributed by atoms with E-state index in [2.05, 4.69) is 5.32 Å². The number of para-hydroxylation sites is 1. The van der Waals surface area contributed by atoms with Crippen LogP contribution in [0.1, 0.15) is 37.7 Å². The fraction of sp³-hybridized carbons (Fsp3) is 0.304. The van der Waals surface area contributed by atoms with Crippen molar-refractivity contribution in [3.8, 4) is 0 Å². The molecule has 1 fully saturated rings. The molecule has 28 heavy (non-hydrogen) atoms. The van der Waals surface area contributed by atoms with Gasteiger partial charge in [0.2, 0.25) is 5.91 Å². The van der Waals surface area contributed by atoms with E-state index < -0.39 is 0 Å².